The first-order valence-electron chi connectivity index (χ1n) is 10.6. The molecule has 1 aliphatic rings. The number of pyridine rings is 1. The molecular formula is C23H33N5O. The molecule has 156 valence electrons. The van der Waals surface area contributed by atoms with Crippen molar-refractivity contribution in [2.45, 2.75) is 32.2 Å². The van der Waals surface area contributed by atoms with Gasteiger partial charge in [-0.3, -0.25) is 14.9 Å². The van der Waals surface area contributed by atoms with Crippen LogP contribution in [-0.4, -0.2) is 55.7 Å². The molecular weight excluding hydrogens is 362 g/mol. The molecule has 0 radical (unpaired) electrons. The minimum absolute atomic E-state index is 0.224. The van der Waals surface area contributed by atoms with Gasteiger partial charge >= 0.3 is 0 Å². The van der Waals surface area contributed by atoms with Crippen molar-refractivity contribution in [2.75, 3.05) is 39.8 Å². The highest BCUT2D eigenvalue weighted by Crippen LogP contribution is 2.31. The molecule has 0 spiro atoms. The van der Waals surface area contributed by atoms with E-state index in [1.807, 2.05) is 24.4 Å². The molecule has 6 heteroatoms. The van der Waals surface area contributed by atoms with Crippen LogP contribution < -0.4 is 15.4 Å². The van der Waals surface area contributed by atoms with Crippen LogP contribution in [0.3, 0.4) is 0 Å². The zero-order chi connectivity index (χ0) is 20.3. The van der Waals surface area contributed by atoms with Gasteiger partial charge in [-0.05, 0) is 57.0 Å². The first kappa shape index (κ1) is 21.1. The number of aromatic nitrogens is 1. The lowest BCUT2D eigenvalue weighted by Gasteiger charge is -2.28. The zero-order valence-electron chi connectivity index (χ0n) is 17.6. The predicted octanol–water partition coefficient (Wildman–Crippen LogP) is 3.02. The summed E-state index contributed by atoms with van der Waals surface area (Å²) in [6, 6.07) is 12.6. The van der Waals surface area contributed by atoms with Gasteiger partial charge in [0.2, 0.25) is 0 Å². The summed E-state index contributed by atoms with van der Waals surface area (Å²) in [7, 11) is 1.74. The zero-order valence-corrected chi connectivity index (χ0v) is 17.6. The highest BCUT2D eigenvalue weighted by atomic mass is 16.5. The second-order valence-electron chi connectivity index (χ2n) is 7.26. The Balaban J connectivity index is 1.69. The molecule has 1 fully saturated rings. The number of hydrogen-bond acceptors (Lipinski definition) is 4. The van der Waals surface area contributed by atoms with Crippen molar-refractivity contribution in [3.8, 4) is 5.75 Å². The maximum atomic E-state index is 5.64. The van der Waals surface area contributed by atoms with Gasteiger partial charge in [0.25, 0.3) is 0 Å². The molecule has 29 heavy (non-hydrogen) atoms. The van der Waals surface area contributed by atoms with Crippen molar-refractivity contribution in [1.29, 1.82) is 0 Å². The molecule has 1 aromatic carbocycles. The molecule has 1 aromatic heterocycles. The van der Waals surface area contributed by atoms with Crippen LogP contribution in [0, 0.1) is 0 Å². The summed E-state index contributed by atoms with van der Waals surface area (Å²) in [5, 5.41) is 6.82. The lowest BCUT2D eigenvalue weighted by molar-refractivity contribution is 0.245. The van der Waals surface area contributed by atoms with Crippen molar-refractivity contribution in [3.63, 3.8) is 0 Å². The van der Waals surface area contributed by atoms with Gasteiger partial charge in [-0.15, -0.1) is 0 Å². The van der Waals surface area contributed by atoms with E-state index in [0.29, 0.717) is 6.54 Å². The Kier molecular flexibility index (Phi) is 8.31. The van der Waals surface area contributed by atoms with E-state index in [2.05, 4.69) is 45.6 Å². The monoisotopic (exact) mass is 395 g/mol. The van der Waals surface area contributed by atoms with Crippen LogP contribution in [-0.2, 0) is 6.42 Å². The van der Waals surface area contributed by atoms with Crippen LogP contribution in [0.4, 0.5) is 0 Å². The molecule has 1 atom stereocenters. The largest absolute Gasteiger partial charge is 0.496 e. The molecule has 2 heterocycles. The number of rotatable bonds is 9. The van der Waals surface area contributed by atoms with Gasteiger partial charge in [-0.1, -0.05) is 24.3 Å². The van der Waals surface area contributed by atoms with E-state index in [4.69, 9.17) is 9.73 Å². The van der Waals surface area contributed by atoms with Crippen LogP contribution in [0.25, 0.3) is 0 Å². The SMILES string of the molecule is CCNC(=NCC(c1ccccc1OC)N1CCCC1)NCCc1cccnc1. The van der Waals surface area contributed by atoms with Gasteiger partial charge < -0.3 is 15.4 Å². The number of ether oxygens (including phenoxy) is 1. The summed E-state index contributed by atoms with van der Waals surface area (Å²) in [5.41, 5.74) is 2.44. The topological polar surface area (TPSA) is 61.8 Å². The quantitative estimate of drug-likeness (QED) is 0.505. The Morgan fingerprint density at radius 1 is 1.17 bits per heavy atom. The third-order valence-corrected chi connectivity index (χ3v) is 5.27. The molecule has 2 N–H and O–H groups in total. The fourth-order valence-electron chi connectivity index (χ4n) is 3.80. The fraction of sp³-hybridized carbons (Fsp3) is 0.478. The average Bonchev–Trinajstić information content (AvgIpc) is 3.29. The average molecular weight is 396 g/mol. The number of aliphatic imine (C=N–C) groups is 1. The van der Waals surface area contributed by atoms with Gasteiger partial charge in [0.1, 0.15) is 5.75 Å². The van der Waals surface area contributed by atoms with Crippen molar-refractivity contribution < 1.29 is 4.74 Å². The van der Waals surface area contributed by atoms with E-state index in [1.54, 1.807) is 13.3 Å². The number of para-hydroxylation sites is 1. The van der Waals surface area contributed by atoms with Gasteiger partial charge in [-0.25, -0.2) is 0 Å². The van der Waals surface area contributed by atoms with Gasteiger partial charge in [0.05, 0.1) is 19.7 Å². The fourth-order valence-corrected chi connectivity index (χ4v) is 3.80. The minimum Gasteiger partial charge on any atom is -0.496 e. The van der Waals surface area contributed by atoms with Crippen molar-refractivity contribution >= 4 is 5.96 Å². The van der Waals surface area contributed by atoms with Crippen molar-refractivity contribution in [3.05, 3.63) is 59.9 Å². The summed E-state index contributed by atoms with van der Waals surface area (Å²) < 4.78 is 5.64. The third-order valence-electron chi connectivity index (χ3n) is 5.27. The van der Waals surface area contributed by atoms with Gasteiger partial charge in [0, 0.05) is 31.0 Å². The van der Waals surface area contributed by atoms with E-state index >= 15 is 0 Å². The van der Waals surface area contributed by atoms with E-state index in [1.165, 1.54) is 24.0 Å². The lowest BCUT2D eigenvalue weighted by atomic mass is 10.0. The van der Waals surface area contributed by atoms with Crippen molar-refractivity contribution in [2.24, 2.45) is 4.99 Å². The molecule has 0 saturated carbocycles. The summed E-state index contributed by atoms with van der Waals surface area (Å²) in [6.45, 7) is 6.67. The van der Waals surface area contributed by atoms with Crippen LogP contribution in [0.2, 0.25) is 0 Å². The smallest absolute Gasteiger partial charge is 0.191 e. The van der Waals surface area contributed by atoms with Crippen LogP contribution in [0.5, 0.6) is 5.75 Å². The van der Waals surface area contributed by atoms with Crippen LogP contribution in [0.15, 0.2) is 53.8 Å². The number of nitrogens with one attached hydrogen (secondary N) is 2. The molecule has 6 nitrogen and oxygen atoms in total. The Bertz CT molecular complexity index is 759. The maximum absolute atomic E-state index is 5.64. The molecule has 3 rings (SSSR count). The molecule has 1 aliphatic heterocycles. The van der Waals surface area contributed by atoms with E-state index in [9.17, 15) is 0 Å². The highest BCUT2D eigenvalue weighted by Gasteiger charge is 2.25. The van der Waals surface area contributed by atoms with Crippen LogP contribution >= 0.6 is 0 Å². The first-order chi connectivity index (χ1) is 14.3. The minimum atomic E-state index is 0.224. The Morgan fingerprint density at radius 2 is 2.00 bits per heavy atom. The van der Waals surface area contributed by atoms with Gasteiger partial charge in [-0.2, -0.15) is 0 Å². The number of guanidine groups is 1. The Morgan fingerprint density at radius 3 is 2.72 bits per heavy atom. The summed E-state index contributed by atoms with van der Waals surface area (Å²) in [6.07, 6.45) is 7.13. The summed E-state index contributed by atoms with van der Waals surface area (Å²) in [5.74, 6) is 1.80. The molecule has 0 aliphatic carbocycles. The standard InChI is InChI=1S/C23H33N5O/c1-3-25-23(26-14-12-19-9-8-13-24-17-19)27-18-21(28-15-6-7-16-28)20-10-4-5-11-22(20)29-2/h4-5,8-11,13,17,21H,3,6-7,12,14-16,18H2,1-2H3,(H2,25,26,27). The number of methoxy groups -OCH3 is 1. The van der Waals surface area contributed by atoms with Crippen molar-refractivity contribution in [1.82, 2.24) is 20.5 Å². The molecule has 1 unspecified atom stereocenters. The summed E-state index contributed by atoms with van der Waals surface area (Å²) >= 11 is 0. The lowest BCUT2D eigenvalue weighted by Crippen LogP contribution is -2.39. The molecule has 0 bridgehead atoms. The summed E-state index contributed by atoms with van der Waals surface area (Å²) in [4.78, 5) is 11.6. The predicted molar refractivity (Wildman–Crippen MR) is 118 cm³/mol. The highest BCUT2D eigenvalue weighted by molar-refractivity contribution is 5.79. The molecule has 0 amide bonds. The molecule has 2 aromatic rings. The maximum Gasteiger partial charge on any atom is 0.191 e. The van der Waals surface area contributed by atoms with E-state index < -0.39 is 0 Å². The normalized spacial score (nSPS) is 15.9. The van der Waals surface area contributed by atoms with E-state index in [0.717, 1.165) is 44.3 Å². The van der Waals surface area contributed by atoms with Gasteiger partial charge in [0.15, 0.2) is 5.96 Å². The number of nitrogens with zero attached hydrogens (tertiary/aromatic N) is 3. The number of benzene rings is 1. The van der Waals surface area contributed by atoms with E-state index in [-0.39, 0.29) is 6.04 Å². The van der Waals surface area contributed by atoms with Crippen LogP contribution in [0.1, 0.15) is 36.9 Å². The first-order valence-corrected chi connectivity index (χ1v) is 10.6. The molecule has 1 saturated heterocycles. The second kappa shape index (κ2) is 11.4. The number of likely N-dealkylation sites (tertiary alicyclic amines) is 1. The number of hydrogen-bond donors (Lipinski definition) is 2. The third kappa shape index (κ3) is 6.19. The Labute approximate surface area is 174 Å². The Hall–Kier alpha value is -2.60. The second-order valence-corrected chi connectivity index (χ2v) is 7.26.